The molecule has 0 radical (unpaired) electrons. The molecule has 1 aromatic heterocycles. The molecule has 5 heteroatoms. The van der Waals surface area contributed by atoms with E-state index in [-0.39, 0.29) is 5.78 Å². The second-order valence-corrected chi connectivity index (χ2v) is 4.86. The zero-order chi connectivity index (χ0) is 15.5. The average molecular weight is 293 g/mol. The number of carbonyl (C=O) groups excluding carboxylic acids is 1. The summed E-state index contributed by atoms with van der Waals surface area (Å²) in [5.41, 5.74) is 3.39. The molecule has 22 heavy (non-hydrogen) atoms. The largest absolute Gasteiger partial charge is 0.497 e. The lowest BCUT2D eigenvalue weighted by molar-refractivity contribution is 0.101. The number of carbonyl (C=O) groups is 1. The third kappa shape index (κ3) is 2.61. The fraction of sp³-hybridized carbons (Fsp3) is 0.118. The van der Waals surface area contributed by atoms with Crippen LogP contribution in [0.4, 0.5) is 0 Å². The fourth-order valence-electron chi connectivity index (χ4n) is 2.22. The van der Waals surface area contributed by atoms with E-state index in [4.69, 9.17) is 4.74 Å². The topological polar surface area (TPSA) is 57.0 Å². The lowest BCUT2D eigenvalue weighted by Gasteiger charge is -2.07. The van der Waals surface area contributed by atoms with E-state index in [0.717, 1.165) is 22.7 Å². The van der Waals surface area contributed by atoms with Crippen molar-refractivity contribution in [1.82, 2.24) is 15.0 Å². The van der Waals surface area contributed by atoms with Crippen molar-refractivity contribution >= 4 is 5.78 Å². The van der Waals surface area contributed by atoms with Gasteiger partial charge in [-0.25, -0.2) is 4.68 Å². The van der Waals surface area contributed by atoms with Crippen molar-refractivity contribution in [2.75, 3.05) is 7.11 Å². The highest BCUT2D eigenvalue weighted by molar-refractivity contribution is 5.94. The van der Waals surface area contributed by atoms with Crippen molar-refractivity contribution in [3.63, 3.8) is 0 Å². The zero-order valence-electron chi connectivity index (χ0n) is 12.4. The predicted octanol–water partition coefficient (Wildman–Crippen LogP) is 3.15. The summed E-state index contributed by atoms with van der Waals surface area (Å²) in [5.74, 6) is 0.842. The van der Waals surface area contributed by atoms with Gasteiger partial charge in [0, 0.05) is 11.1 Å². The molecule has 0 fully saturated rings. The van der Waals surface area contributed by atoms with Crippen LogP contribution in [0.3, 0.4) is 0 Å². The molecular formula is C17H15N3O2. The van der Waals surface area contributed by atoms with Gasteiger partial charge in [0.1, 0.15) is 5.75 Å². The minimum Gasteiger partial charge on any atom is -0.497 e. The van der Waals surface area contributed by atoms with Crippen molar-refractivity contribution in [1.29, 1.82) is 0 Å². The van der Waals surface area contributed by atoms with Crippen LogP contribution in [0.5, 0.6) is 5.75 Å². The van der Waals surface area contributed by atoms with Gasteiger partial charge in [0.15, 0.2) is 5.78 Å². The second kappa shape index (κ2) is 5.81. The first-order valence-electron chi connectivity index (χ1n) is 6.85. The number of Topliss-reactive ketones (excluding diaryl/α,β-unsaturated/α-hetero) is 1. The SMILES string of the molecule is COc1ccc(-c2cnnn2-c2ccc(C(C)=O)cc2)cc1. The Kier molecular flexibility index (Phi) is 3.70. The van der Waals surface area contributed by atoms with Crippen LogP contribution in [-0.2, 0) is 0 Å². The van der Waals surface area contributed by atoms with Gasteiger partial charge in [0.25, 0.3) is 0 Å². The van der Waals surface area contributed by atoms with Gasteiger partial charge in [-0.05, 0) is 55.5 Å². The number of aromatic nitrogens is 3. The van der Waals surface area contributed by atoms with Crippen LogP contribution in [-0.4, -0.2) is 27.9 Å². The smallest absolute Gasteiger partial charge is 0.159 e. The number of hydrogen-bond acceptors (Lipinski definition) is 4. The van der Waals surface area contributed by atoms with Crippen LogP contribution in [0, 0.1) is 0 Å². The van der Waals surface area contributed by atoms with E-state index in [1.807, 2.05) is 36.4 Å². The maximum atomic E-state index is 11.3. The minimum atomic E-state index is 0.0421. The Hall–Kier alpha value is -2.95. The minimum absolute atomic E-state index is 0.0421. The Bertz CT molecular complexity index is 790. The molecule has 5 nitrogen and oxygen atoms in total. The van der Waals surface area contributed by atoms with Gasteiger partial charge >= 0.3 is 0 Å². The molecule has 0 aliphatic carbocycles. The summed E-state index contributed by atoms with van der Waals surface area (Å²) in [4.78, 5) is 11.3. The molecule has 0 amide bonds. The van der Waals surface area contributed by atoms with Gasteiger partial charge in [-0.3, -0.25) is 4.79 Å². The maximum absolute atomic E-state index is 11.3. The highest BCUT2D eigenvalue weighted by Gasteiger charge is 2.09. The lowest BCUT2D eigenvalue weighted by atomic mass is 10.1. The third-order valence-electron chi connectivity index (χ3n) is 3.45. The molecule has 0 aliphatic rings. The normalized spacial score (nSPS) is 10.5. The van der Waals surface area contributed by atoms with Crippen molar-refractivity contribution < 1.29 is 9.53 Å². The number of rotatable bonds is 4. The molecular weight excluding hydrogens is 278 g/mol. The summed E-state index contributed by atoms with van der Waals surface area (Å²) in [6.07, 6.45) is 1.71. The molecule has 1 heterocycles. The second-order valence-electron chi connectivity index (χ2n) is 4.86. The van der Waals surface area contributed by atoms with Crippen LogP contribution >= 0.6 is 0 Å². The number of ether oxygens (including phenoxy) is 1. The summed E-state index contributed by atoms with van der Waals surface area (Å²) >= 11 is 0. The van der Waals surface area contributed by atoms with Crippen LogP contribution in [0.15, 0.2) is 54.7 Å². The average Bonchev–Trinajstić information content (AvgIpc) is 3.04. The summed E-state index contributed by atoms with van der Waals surface area (Å²) < 4.78 is 6.91. The van der Waals surface area contributed by atoms with Gasteiger partial charge < -0.3 is 4.74 Å². The van der Waals surface area contributed by atoms with Gasteiger partial charge in [0.05, 0.1) is 24.7 Å². The van der Waals surface area contributed by atoms with Crippen LogP contribution < -0.4 is 4.74 Å². The molecule has 110 valence electrons. The molecule has 0 N–H and O–H groups in total. The molecule has 2 aromatic carbocycles. The van der Waals surface area contributed by atoms with Crippen molar-refractivity contribution in [2.24, 2.45) is 0 Å². The summed E-state index contributed by atoms with van der Waals surface area (Å²) in [6.45, 7) is 1.55. The number of ketones is 1. The Labute approximate surface area is 128 Å². The van der Waals surface area contributed by atoms with E-state index >= 15 is 0 Å². The molecule has 0 aliphatic heterocycles. The first-order valence-corrected chi connectivity index (χ1v) is 6.85. The molecule has 0 bridgehead atoms. The first kappa shape index (κ1) is 14.0. The van der Waals surface area contributed by atoms with E-state index in [9.17, 15) is 4.79 Å². The predicted molar refractivity (Wildman–Crippen MR) is 83.4 cm³/mol. The molecule has 0 spiro atoms. The summed E-state index contributed by atoms with van der Waals surface area (Å²) in [7, 11) is 1.64. The van der Waals surface area contributed by atoms with Gasteiger partial charge in [-0.15, -0.1) is 5.10 Å². The van der Waals surface area contributed by atoms with Crippen molar-refractivity contribution in [3.05, 3.63) is 60.3 Å². The maximum Gasteiger partial charge on any atom is 0.159 e. The standard InChI is InChI=1S/C17H15N3O2/c1-12(21)13-3-7-15(8-4-13)20-17(11-18-19-20)14-5-9-16(22-2)10-6-14/h3-11H,1-2H3. The van der Waals surface area contributed by atoms with Crippen LogP contribution in [0.2, 0.25) is 0 Å². The van der Waals surface area contributed by atoms with E-state index in [2.05, 4.69) is 10.3 Å². The van der Waals surface area contributed by atoms with Gasteiger partial charge in [-0.1, -0.05) is 5.21 Å². The van der Waals surface area contributed by atoms with Crippen LogP contribution in [0.1, 0.15) is 17.3 Å². The number of nitrogens with zero attached hydrogens (tertiary/aromatic N) is 3. The number of hydrogen-bond donors (Lipinski definition) is 0. The first-order chi connectivity index (χ1) is 10.7. The van der Waals surface area contributed by atoms with E-state index in [0.29, 0.717) is 5.56 Å². The lowest BCUT2D eigenvalue weighted by Crippen LogP contribution is -2.00. The van der Waals surface area contributed by atoms with E-state index < -0.39 is 0 Å². The molecule has 0 unspecified atom stereocenters. The summed E-state index contributed by atoms with van der Waals surface area (Å²) in [5, 5.41) is 8.12. The van der Waals surface area contributed by atoms with Crippen molar-refractivity contribution in [3.8, 4) is 22.7 Å². The van der Waals surface area contributed by atoms with Gasteiger partial charge in [0.2, 0.25) is 0 Å². The number of methoxy groups -OCH3 is 1. The monoisotopic (exact) mass is 293 g/mol. The molecule has 0 saturated carbocycles. The highest BCUT2D eigenvalue weighted by Crippen LogP contribution is 2.24. The summed E-state index contributed by atoms with van der Waals surface area (Å²) in [6, 6.07) is 15.0. The highest BCUT2D eigenvalue weighted by atomic mass is 16.5. The Balaban J connectivity index is 1.99. The fourth-order valence-corrected chi connectivity index (χ4v) is 2.22. The van der Waals surface area contributed by atoms with Crippen molar-refractivity contribution in [2.45, 2.75) is 6.92 Å². The zero-order valence-corrected chi connectivity index (χ0v) is 12.4. The Morgan fingerprint density at radius 2 is 1.73 bits per heavy atom. The number of benzene rings is 2. The van der Waals surface area contributed by atoms with E-state index in [1.54, 1.807) is 37.0 Å². The van der Waals surface area contributed by atoms with E-state index in [1.165, 1.54) is 0 Å². The van der Waals surface area contributed by atoms with Gasteiger partial charge in [-0.2, -0.15) is 0 Å². The molecule has 0 saturated heterocycles. The molecule has 3 rings (SSSR count). The molecule has 0 atom stereocenters. The Morgan fingerprint density at radius 1 is 1.05 bits per heavy atom. The molecule has 3 aromatic rings. The Morgan fingerprint density at radius 3 is 2.32 bits per heavy atom. The quantitative estimate of drug-likeness (QED) is 0.693. The van der Waals surface area contributed by atoms with Crippen LogP contribution in [0.25, 0.3) is 16.9 Å². The third-order valence-corrected chi connectivity index (χ3v) is 3.45.